The summed E-state index contributed by atoms with van der Waals surface area (Å²) in [6.45, 7) is 1.50. The van der Waals surface area contributed by atoms with Crippen LogP contribution < -0.4 is 4.74 Å². The van der Waals surface area contributed by atoms with Gasteiger partial charge in [-0.3, -0.25) is 29.4 Å². The van der Waals surface area contributed by atoms with Gasteiger partial charge >= 0.3 is 0 Å². The van der Waals surface area contributed by atoms with Crippen molar-refractivity contribution in [3.8, 4) is 5.75 Å². The van der Waals surface area contributed by atoms with E-state index in [-0.39, 0.29) is 29.7 Å². The molecule has 3 amide bonds. The molecule has 2 fully saturated rings. The van der Waals surface area contributed by atoms with Crippen molar-refractivity contribution >= 4 is 40.6 Å². The predicted molar refractivity (Wildman–Crippen MR) is 124 cm³/mol. The van der Waals surface area contributed by atoms with Crippen LogP contribution in [0.25, 0.3) is 6.08 Å². The van der Waals surface area contributed by atoms with E-state index in [4.69, 9.17) is 9.47 Å². The second-order valence-corrected chi connectivity index (χ2v) is 8.51. The van der Waals surface area contributed by atoms with Gasteiger partial charge < -0.3 is 14.4 Å². The molecular formula is C23H21N3O7S. The number of benzene rings is 2. The van der Waals surface area contributed by atoms with Crippen LogP contribution in [-0.2, 0) is 20.9 Å². The number of rotatable bonds is 7. The SMILES string of the molecule is O=C(CN1C(=O)S/C(=C/c2ccccc2OCc2cccc([N+](=O)[O-])c2)C1=O)N1CCOCC1. The highest BCUT2D eigenvalue weighted by molar-refractivity contribution is 8.18. The largest absolute Gasteiger partial charge is 0.488 e. The van der Waals surface area contributed by atoms with Gasteiger partial charge in [0.1, 0.15) is 18.9 Å². The van der Waals surface area contributed by atoms with Crippen LogP contribution in [-0.4, -0.2) is 64.6 Å². The molecular weight excluding hydrogens is 462 g/mol. The Morgan fingerprint density at radius 3 is 2.68 bits per heavy atom. The lowest BCUT2D eigenvalue weighted by Gasteiger charge is -2.28. The monoisotopic (exact) mass is 483 g/mol. The number of carbonyl (C=O) groups is 3. The van der Waals surface area contributed by atoms with E-state index in [9.17, 15) is 24.5 Å². The maximum absolute atomic E-state index is 12.8. The van der Waals surface area contributed by atoms with Crippen molar-refractivity contribution in [2.75, 3.05) is 32.8 Å². The lowest BCUT2D eigenvalue weighted by molar-refractivity contribution is -0.384. The molecule has 0 aliphatic carbocycles. The second kappa shape index (κ2) is 10.5. The molecule has 2 heterocycles. The number of imide groups is 1. The highest BCUT2D eigenvalue weighted by atomic mass is 32.2. The number of hydrogen-bond donors (Lipinski definition) is 0. The Balaban J connectivity index is 1.46. The van der Waals surface area contributed by atoms with Gasteiger partial charge in [-0.15, -0.1) is 0 Å². The number of morpholine rings is 1. The Kier molecular flexibility index (Phi) is 7.24. The fourth-order valence-electron chi connectivity index (χ4n) is 3.48. The van der Waals surface area contributed by atoms with Crippen molar-refractivity contribution in [3.63, 3.8) is 0 Å². The van der Waals surface area contributed by atoms with E-state index in [0.29, 0.717) is 43.2 Å². The molecule has 0 saturated carbocycles. The van der Waals surface area contributed by atoms with Gasteiger partial charge in [-0.25, -0.2) is 0 Å². The molecule has 11 heteroatoms. The van der Waals surface area contributed by atoms with E-state index in [2.05, 4.69) is 0 Å². The quantitative estimate of drug-likeness (QED) is 0.335. The van der Waals surface area contributed by atoms with Gasteiger partial charge in [0.25, 0.3) is 16.8 Å². The average Bonchev–Trinajstić information content (AvgIpc) is 3.11. The summed E-state index contributed by atoms with van der Waals surface area (Å²) in [5.41, 5.74) is 1.15. The summed E-state index contributed by atoms with van der Waals surface area (Å²) in [4.78, 5) is 51.0. The van der Waals surface area contributed by atoms with Crippen molar-refractivity contribution in [1.82, 2.24) is 9.80 Å². The van der Waals surface area contributed by atoms with Crippen LogP contribution in [0.3, 0.4) is 0 Å². The number of thioether (sulfide) groups is 1. The van der Waals surface area contributed by atoms with E-state index >= 15 is 0 Å². The Morgan fingerprint density at radius 2 is 1.91 bits per heavy atom. The van der Waals surface area contributed by atoms with Crippen LogP contribution in [0.5, 0.6) is 5.75 Å². The van der Waals surface area contributed by atoms with Crippen molar-refractivity contribution < 1.29 is 28.8 Å². The van der Waals surface area contributed by atoms with Gasteiger partial charge in [-0.05, 0) is 29.5 Å². The van der Waals surface area contributed by atoms with Crippen LogP contribution in [0.15, 0.2) is 53.4 Å². The zero-order valence-electron chi connectivity index (χ0n) is 18.0. The molecule has 2 aromatic rings. The van der Waals surface area contributed by atoms with Crippen LogP contribution in [0, 0.1) is 10.1 Å². The Hall–Kier alpha value is -3.70. The summed E-state index contributed by atoms with van der Waals surface area (Å²) in [7, 11) is 0. The molecule has 0 spiro atoms. The average molecular weight is 484 g/mol. The Morgan fingerprint density at radius 1 is 1.15 bits per heavy atom. The number of para-hydroxylation sites is 1. The maximum Gasteiger partial charge on any atom is 0.294 e. The van der Waals surface area contributed by atoms with Crippen LogP contribution in [0.2, 0.25) is 0 Å². The molecule has 0 radical (unpaired) electrons. The van der Waals surface area contributed by atoms with Gasteiger partial charge in [0.05, 0.1) is 23.0 Å². The molecule has 2 aromatic carbocycles. The molecule has 34 heavy (non-hydrogen) atoms. The molecule has 2 aliphatic heterocycles. The minimum Gasteiger partial charge on any atom is -0.488 e. The van der Waals surface area contributed by atoms with Crippen molar-refractivity contribution in [3.05, 3.63) is 74.7 Å². The fraction of sp³-hybridized carbons (Fsp3) is 0.261. The zero-order chi connectivity index (χ0) is 24.1. The van der Waals surface area contributed by atoms with Gasteiger partial charge in [-0.2, -0.15) is 0 Å². The molecule has 2 aliphatic rings. The summed E-state index contributed by atoms with van der Waals surface area (Å²) >= 11 is 0.766. The van der Waals surface area contributed by atoms with Crippen molar-refractivity contribution in [2.24, 2.45) is 0 Å². The molecule has 0 atom stereocenters. The standard InChI is InChI=1S/C23H21N3O7S/c27-21(24-8-10-32-11-9-24)14-25-22(28)20(34-23(25)29)13-17-5-1-2-7-19(17)33-15-16-4-3-6-18(12-16)26(30)31/h1-7,12-13H,8-11,14-15H2/b20-13+. The number of amides is 3. The van der Waals surface area contributed by atoms with E-state index in [0.717, 1.165) is 16.7 Å². The number of ether oxygens (including phenoxy) is 2. The number of hydrogen-bond acceptors (Lipinski definition) is 8. The molecule has 2 saturated heterocycles. The third-order valence-corrected chi connectivity index (χ3v) is 6.16. The third kappa shape index (κ3) is 5.43. The van der Waals surface area contributed by atoms with Gasteiger partial charge in [0.2, 0.25) is 5.91 Å². The van der Waals surface area contributed by atoms with Crippen molar-refractivity contribution in [2.45, 2.75) is 6.61 Å². The Bertz CT molecular complexity index is 1160. The first-order chi connectivity index (χ1) is 16.4. The van der Waals surface area contributed by atoms with Gasteiger partial charge in [-0.1, -0.05) is 30.3 Å². The minimum absolute atomic E-state index is 0.0327. The Labute approximate surface area is 199 Å². The molecule has 0 bridgehead atoms. The summed E-state index contributed by atoms with van der Waals surface area (Å²) in [5, 5.41) is 10.5. The predicted octanol–water partition coefficient (Wildman–Crippen LogP) is 3.07. The number of nitro groups is 1. The first-order valence-electron chi connectivity index (χ1n) is 10.5. The highest BCUT2D eigenvalue weighted by Gasteiger charge is 2.37. The molecule has 10 nitrogen and oxygen atoms in total. The number of carbonyl (C=O) groups excluding carboxylic acids is 3. The molecule has 4 rings (SSSR count). The van der Waals surface area contributed by atoms with E-state index < -0.39 is 16.1 Å². The topological polar surface area (TPSA) is 119 Å². The lowest BCUT2D eigenvalue weighted by atomic mass is 10.1. The van der Waals surface area contributed by atoms with E-state index in [1.807, 2.05) is 0 Å². The molecule has 0 N–H and O–H groups in total. The second-order valence-electron chi connectivity index (χ2n) is 7.51. The van der Waals surface area contributed by atoms with Gasteiger partial charge in [0, 0.05) is 30.8 Å². The van der Waals surface area contributed by atoms with Crippen LogP contribution in [0.1, 0.15) is 11.1 Å². The fourth-order valence-corrected chi connectivity index (χ4v) is 4.31. The summed E-state index contributed by atoms with van der Waals surface area (Å²) in [6, 6.07) is 13.1. The van der Waals surface area contributed by atoms with E-state index in [1.54, 1.807) is 47.4 Å². The first-order valence-corrected chi connectivity index (χ1v) is 11.3. The zero-order valence-corrected chi connectivity index (χ0v) is 18.9. The molecule has 0 unspecified atom stereocenters. The summed E-state index contributed by atoms with van der Waals surface area (Å²) in [6.07, 6.45) is 1.55. The smallest absolute Gasteiger partial charge is 0.294 e. The number of non-ortho nitro benzene ring substituents is 1. The molecule has 0 aromatic heterocycles. The highest BCUT2D eigenvalue weighted by Crippen LogP contribution is 2.34. The number of nitrogens with zero attached hydrogens (tertiary/aromatic N) is 3. The number of nitro benzene ring substituents is 1. The van der Waals surface area contributed by atoms with E-state index in [1.165, 1.54) is 12.1 Å². The normalized spacial score (nSPS) is 17.4. The van der Waals surface area contributed by atoms with Crippen LogP contribution in [0.4, 0.5) is 10.5 Å². The lowest BCUT2D eigenvalue weighted by Crippen LogP contribution is -2.46. The first kappa shape index (κ1) is 23.5. The van der Waals surface area contributed by atoms with Gasteiger partial charge in [0.15, 0.2) is 0 Å². The third-order valence-electron chi connectivity index (χ3n) is 5.25. The summed E-state index contributed by atoms with van der Waals surface area (Å²) < 4.78 is 11.1. The van der Waals surface area contributed by atoms with Crippen molar-refractivity contribution in [1.29, 1.82) is 0 Å². The minimum atomic E-state index is -0.537. The van der Waals surface area contributed by atoms with Crippen LogP contribution >= 0.6 is 11.8 Å². The molecule has 176 valence electrons. The summed E-state index contributed by atoms with van der Waals surface area (Å²) in [5.74, 6) is -0.386. The maximum atomic E-state index is 12.8.